The first-order valence-electron chi connectivity index (χ1n) is 7.22. The van der Waals surface area contributed by atoms with Crippen LogP contribution in [0.2, 0.25) is 0 Å². The second kappa shape index (κ2) is 4.78. The summed E-state index contributed by atoms with van der Waals surface area (Å²) in [5, 5.41) is 0. The molecule has 2 heteroatoms. The minimum Gasteiger partial charge on any atom is -0.497 e. The third kappa shape index (κ3) is 1.83. The van der Waals surface area contributed by atoms with Crippen LogP contribution in [0.1, 0.15) is 12.0 Å². The molecule has 0 spiro atoms. The van der Waals surface area contributed by atoms with Crippen molar-refractivity contribution in [2.45, 2.75) is 18.6 Å². The van der Waals surface area contributed by atoms with Crippen molar-refractivity contribution in [3.05, 3.63) is 72.5 Å². The first kappa shape index (κ1) is 11.7. The molecule has 2 heterocycles. The third-order valence-electron chi connectivity index (χ3n) is 4.35. The zero-order chi connectivity index (χ0) is 13.4. The van der Waals surface area contributed by atoms with Gasteiger partial charge in [0.25, 0.3) is 0 Å². The van der Waals surface area contributed by atoms with E-state index in [-0.39, 0.29) is 12.1 Å². The minimum atomic E-state index is 0.207. The number of fused-ring (bicyclic) bond motifs is 3. The van der Waals surface area contributed by atoms with Crippen LogP contribution >= 0.6 is 0 Å². The highest BCUT2D eigenvalue weighted by molar-refractivity contribution is 6.03. The van der Waals surface area contributed by atoms with Crippen molar-refractivity contribution in [1.29, 1.82) is 0 Å². The Hall–Kier alpha value is -2.09. The molecule has 0 aromatic heterocycles. The first-order valence-corrected chi connectivity index (χ1v) is 7.22. The number of hydrogen-bond acceptors (Lipinski definition) is 2. The van der Waals surface area contributed by atoms with Gasteiger partial charge in [0.1, 0.15) is 6.10 Å². The van der Waals surface area contributed by atoms with Crippen LogP contribution in [0.5, 0.6) is 0 Å². The van der Waals surface area contributed by atoms with Gasteiger partial charge in [-0.3, -0.25) is 4.99 Å². The average Bonchev–Trinajstić information content (AvgIpc) is 2.55. The van der Waals surface area contributed by atoms with Crippen LogP contribution in [0.15, 0.2) is 72.0 Å². The number of ether oxygens (including phenoxy) is 1. The van der Waals surface area contributed by atoms with Gasteiger partial charge in [-0.15, -0.1) is 0 Å². The molecule has 0 saturated carbocycles. The number of benzene rings is 1. The van der Waals surface area contributed by atoms with E-state index in [9.17, 15) is 0 Å². The molecule has 20 heavy (non-hydrogen) atoms. The second-order valence-electron chi connectivity index (χ2n) is 5.53. The SMILES string of the molecule is C1=CC2N=C(c3ccccc3)C3CC=COC3C2C=C1. The molecule has 0 bridgehead atoms. The van der Waals surface area contributed by atoms with Crippen molar-refractivity contribution in [3.8, 4) is 0 Å². The van der Waals surface area contributed by atoms with Crippen molar-refractivity contribution in [1.82, 2.24) is 0 Å². The molecule has 4 unspecified atom stereocenters. The van der Waals surface area contributed by atoms with Gasteiger partial charge in [-0.2, -0.15) is 0 Å². The summed E-state index contributed by atoms with van der Waals surface area (Å²) < 4.78 is 5.96. The Morgan fingerprint density at radius 3 is 2.80 bits per heavy atom. The Bertz CT molecular complexity index is 612. The molecule has 0 amide bonds. The zero-order valence-corrected chi connectivity index (χ0v) is 11.2. The minimum absolute atomic E-state index is 0.207. The Balaban J connectivity index is 1.80. The van der Waals surface area contributed by atoms with E-state index in [1.807, 2.05) is 12.3 Å². The first-order chi connectivity index (χ1) is 9.93. The van der Waals surface area contributed by atoms with Gasteiger partial charge in [-0.05, 0) is 18.1 Å². The molecular formula is C18H17NO. The Morgan fingerprint density at radius 1 is 1.05 bits per heavy atom. The normalized spacial score (nSPS) is 33.9. The number of rotatable bonds is 1. The molecule has 2 aliphatic heterocycles. The summed E-state index contributed by atoms with van der Waals surface area (Å²) in [4.78, 5) is 5.02. The molecule has 4 rings (SSSR count). The van der Waals surface area contributed by atoms with E-state index in [1.54, 1.807) is 0 Å². The molecule has 3 aliphatic rings. The van der Waals surface area contributed by atoms with Gasteiger partial charge in [0.2, 0.25) is 0 Å². The van der Waals surface area contributed by atoms with Crippen molar-refractivity contribution in [2.24, 2.45) is 16.8 Å². The molecular weight excluding hydrogens is 246 g/mol. The van der Waals surface area contributed by atoms with Gasteiger partial charge >= 0.3 is 0 Å². The number of hydrogen-bond donors (Lipinski definition) is 0. The Morgan fingerprint density at radius 2 is 1.90 bits per heavy atom. The summed E-state index contributed by atoms with van der Waals surface area (Å²) in [6.45, 7) is 0. The average molecular weight is 263 g/mol. The van der Waals surface area contributed by atoms with Crippen LogP contribution in [0.4, 0.5) is 0 Å². The van der Waals surface area contributed by atoms with Crippen LogP contribution in [0, 0.1) is 11.8 Å². The third-order valence-corrected chi connectivity index (χ3v) is 4.35. The molecule has 0 radical (unpaired) electrons. The molecule has 1 aliphatic carbocycles. The number of nitrogens with zero attached hydrogens (tertiary/aromatic N) is 1. The van der Waals surface area contributed by atoms with E-state index >= 15 is 0 Å². The summed E-state index contributed by atoms with van der Waals surface area (Å²) in [7, 11) is 0. The lowest BCUT2D eigenvalue weighted by molar-refractivity contribution is 0.0525. The van der Waals surface area contributed by atoms with Crippen molar-refractivity contribution >= 4 is 5.71 Å². The molecule has 0 saturated heterocycles. The van der Waals surface area contributed by atoms with E-state index in [0.717, 1.165) is 6.42 Å². The van der Waals surface area contributed by atoms with E-state index in [4.69, 9.17) is 9.73 Å². The highest BCUT2D eigenvalue weighted by atomic mass is 16.5. The summed E-state index contributed by atoms with van der Waals surface area (Å²) in [6.07, 6.45) is 13.8. The smallest absolute Gasteiger partial charge is 0.115 e. The molecule has 0 fully saturated rings. The van der Waals surface area contributed by atoms with Gasteiger partial charge in [0, 0.05) is 17.5 Å². The highest BCUT2D eigenvalue weighted by Gasteiger charge is 2.42. The highest BCUT2D eigenvalue weighted by Crippen LogP contribution is 2.37. The molecule has 1 aromatic rings. The van der Waals surface area contributed by atoms with Gasteiger partial charge in [0.05, 0.1) is 12.3 Å². The monoisotopic (exact) mass is 263 g/mol. The van der Waals surface area contributed by atoms with Crippen LogP contribution in [0.25, 0.3) is 0 Å². The Kier molecular flexibility index (Phi) is 2.80. The summed E-state index contributed by atoms with van der Waals surface area (Å²) in [5.41, 5.74) is 2.42. The lowest BCUT2D eigenvalue weighted by Crippen LogP contribution is -2.46. The maximum atomic E-state index is 5.96. The van der Waals surface area contributed by atoms with Crippen molar-refractivity contribution in [2.75, 3.05) is 0 Å². The van der Waals surface area contributed by atoms with E-state index in [0.29, 0.717) is 11.8 Å². The molecule has 4 atom stereocenters. The maximum Gasteiger partial charge on any atom is 0.115 e. The molecule has 0 N–H and O–H groups in total. The van der Waals surface area contributed by atoms with Crippen LogP contribution < -0.4 is 0 Å². The lowest BCUT2D eigenvalue weighted by Gasteiger charge is -2.41. The fourth-order valence-corrected chi connectivity index (χ4v) is 3.40. The predicted molar refractivity (Wildman–Crippen MR) is 80.7 cm³/mol. The standard InChI is InChI=1S/C18H17NO/c1-2-7-13(8-3-1)17-15-10-6-12-20-18(15)14-9-4-5-11-16(14)19-17/h1-9,11-12,14-16,18H,10H2. The maximum absolute atomic E-state index is 5.96. The summed E-state index contributed by atoms with van der Waals surface area (Å²) in [5.74, 6) is 0.724. The van der Waals surface area contributed by atoms with E-state index in [2.05, 4.69) is 54.6 Å². The van der Waals surface area contributed by atoms with Gasteiger partial charge in [-0.25, -0.2) is 0 Å². The number of allylic oxidation sites excluding steroid dienone is 3. The number of aliphatic imine (C=N–C) groups is 1. The topological polar surface area (TPSA) is 21.6 Å². The Labute approximate surface area is 119 Å². The molecule has 100 valence electrons. The molecule has 2 nitrogen and oxygen atoms in total. The van der Waals surface area contributed by atoms with E-state index < -0.39 is 0 Å². The summed E-state index contributed by atoms with van der Waals surface area (Å²) >= 11 is 0. The van der Waals surface area contributed by atoms with Gasteiger partial charge < -0.3 is 4.74 Å². The van der Waals surface area contributed by atoms with Crippen molar-refractivity contribution < 1.29 is 4.74 Å². The predicted octanol–water partition coefficient (Wildman–Crippen LogP) is 3.52. The van der Waals surface area contributed by atoms with E-state index in [1.165, 1.54) is 11.3 Å². The second-order valence-corrected chi connectivity index (χ2v) is 5.53. The van der Waals surface area contributed by atoms with Gasteiger partial charge in [0.15, 0.2) is 0 Å². The summed E-state index contributed by atoms with van der Waals surface area (Å²) in [6, 6.07) is 10.7. The van der Waals surface area contributed by atoms with Crippen LogP contribution in [-0.2, 0) is 4.74 Å². The van der Waals surface area contributed by atoms with Crippen LogP contribution in [-0.4, -0.2) is 17.9 Å². The zero-order valence-electron chi connectivity index (χ0n) is 11.2. The van der Waals surface area contributed by atoms with Crippen LogP contribution in [0.3, 0.4) is 0 Å². The van der Waals surface area contributed by atoms with Crippen molar-refractivity contribution in [3.63, 3.8) is 0 Å². The fourth-order valence-electron chi connectivity index (χ4n) is 3.40. The lowest BCUT2D eigenvalue weighted by atomic mass is 9.75. The molecule has 1 aromatic carbocycles. The largest absolute Gasteiger partial charge is 0.497 e. The van der Waals surface area contributed by atoms with Gasteiger partial charge in [-0.1, -0.05) is 54.6 Å². The fraction of sp³-hybridized carbons (Fsp3) is 0.278. The quantitative estimate of drug-likeness (QED) is 0.759.